The van der Waals surface area contributed by atoms with Crippen LogP contribution in [0.1, 0.15) is 80.3 Å². The van der Waals surface area contributed by atoms with Crippen LogP contribution in [0.2, 0.25) is 0 Å². The van der Waals surface area contributed by atoms with Gasteiger partial charge in [0, 0.05) is 106 Å². The third-order valence-electron chi connectivity index (χ3n) is 15.2. The van der Waals surface area contributed by atoms with Crippen LogP contribution in [0.15, 0.2) is 83.3 Å². The maximum Gasteiger partial charge on any atom is 0.408 e. The fourth-order valence-corrected chi connectivity index (χ4v) is 12.6. The van der Waals surface area contributed by atoms with Gasteiger partial charge in [-0.25, -0.2) is 18.4 Å². The van der Waals surface area contributed by atoms with Gasteiger partial charge in [0.1, 0.15) is 11.5 Å². The van der Waals surface area contributed by atoms with Crippen molar-refractivity contribution in [2.75, 3.05) is 64.6 Å². The Hall–Kier alpha value is -6.51. The number of fused-ring (bicyclic) bond motifs is 3. The van der Waals surface area contributed by atoms with E-state index in [1.54, 1.807) is 48.6 Å². The number of hydrogen-bond acceptors (Lipinski definition) is 12. The number of carbonyl (C=O) groups excluding carboxylic acids is 2. The number of nitrogens with one attached hydrogen (secondary N) is 2. The van der Waals surface area contributed by atoms with Crippen LogP contribution in [-0.4, -0.2) is 112 Å². The summed E-state index contributed by atoms with van der Waals surface area (Å²) in [6, 6.07) is 14.0. The summed E-state index contributed by atoms with van der Waals surface area (Å²) in [4.78, 5) is 58.1. The minimum absolute atomic E-state index is 0.00147. The number of halogens is 3. The number of benzene rings is 2. The van der Waals surface area contributed by atoms with Crippen molar-refractivity contribution in [1.82, 2.24) is 24.0 Å². The maximum atomic E-state index is 14.1. The molecule has 5 aromatic rings. The van der Waals surface area contributed by atoms with Gasteiger partial charge in [0.05, 0.1) is 28.6 Å². The molecule has 2 fully saturated rings. The van der Waals surface area contributed by atoms with Crippen LogP contribution in [0.5, 0.6) is 0 Å². The van der Waals surface area contributed by atoms with Crippen molar-refractivity contribution in [3.63, 3.8) is 0 Å². The van der Waals surface area contributed by atoms with Crippen molar-refractivity contribution in [2.24, 2.45) is 12.5 Å². The highest BCUT2D eigenvalue weighted by Crippen LogP contribution is 2.43. The monoisotopic (exact) mass is 1020 g/mol. The molecule has 4 aliphatic rings. The van der Waals surface area contributed by atoms with E-state index in [1.165, 1.54) is 34.9 Å². The van der Waals surface area contributed by atoms with Crippen molar-refractivity contribution in [2.45, 2.75) is 108 Å². The number of piperidine rings is 1. The number of hydrogen-bond donors (Lipinski definition) is 3. The molecule has 20 heteroatoms. The fourth-order valence-electron chi connectivity index (χ4n) is 11.0. The largest absolute Gasteiger partial charge is 0.408 e. The number of carbonyl (C=O) groups is 2. The third kappa shape index (κ3) is 9.41. The van der Waals surface area contributed by atoms with E-state index in [9.17, 15) is 41.1 Å². The molecule has 0 saturated carbocycles. The SMILES string of the molecule is C=CC(=O)Nc1cc(Nc2nc(-c3ccnc(N4CCn5c(cc6c5CC(C)(C)C6)C4=O)c3CO)cn(C)c2=O)ccc1N1CCN(C2CCN(c3ccc(S(=O)(=O)C(C)(C)C(F)(F)F)c(C)c3)CC2)C[C@@H]1C. The number of amides is 2. The Morgan fingerprint density at radius 2 is 1.73 bits per heavy atom. The van der Waals surface area contributed by atoms with Crippen LogP contribution in [0, 0.1) is 12.3 Å². The molecule has 0 bridgehead atoms. The van der Waals surface area contributed by atoms with Gasteiger partial charge in [-0.05, 0) is 125 Å². The highest BCUT2D eigenvalue weighted by Gasteiger charge is 2.57. The lowest BCUT2D eigenvalue weighted by atomic mass is 9.90. The van der Waals surface area contributed by atoms with Crippen LogP contribution in [0.4, 0.5) is 47.6 Å². The Balaban J connectivity index is 0.890. The van der Waals surface area contributed by atoms with Crippen molar-refractivity contribution in [1.29, 1.82) is 0 Å². The van der Waals surface area contributed by atoms with Crippen LogP contribution >= 0.6 is 0 Å². The van der Waals surface area contributed by atoms with E-state index in [0.717, 1.165) is 50.1 Å². The topological polar surface area (TPSA) is 178 Å². The summed E-state index contributed by atoms with van der Waals surface area (Å²) < 4.78 is 68.1. The lowest BCUT2D eigenvalue weighted by molar-refractivity contribution is -0.153. The molecule has 16 nitrogen and oxygen atoms in total. The van der Waals surface area contributed by atoms with Gasteiger partial charge in [-0.2, -0.15) is 13.2 Å². The number of anilines is 6. The molecule has 388 valence electrons. The molecule has 3 aromatic heterocycles. The van der Waals surface area contributed by atoms with E-state index in [0.29, 0.717) is 86.3 Å². The Bertz CT molecular complexity index is 3200. The van der Waals surface area contributed by atoms with Gasteiger partial charge >= 0.3 is 6.18 Å². The number of aromatic nitrogens is 4. The molecule has 3 N–H and O–H groups in total. The first-order valence-electron chi connectivity index (χ1n) is 24.6. The van der Waals surface area contributed by atoms with Gasteiger partial charge in [0.2, 0.25) is 5.91 Å². The quantitative estimate of drug-likeness (QED) is 0.106. The normalized spacial score (nSPS) is 18.7. The first-order valence-corrected chi connectivity index (χ1v) is 26.1. The molecule has 2 saturated heterocycles. The number of alkyl halides is 3. The summed E-state index contributed by atoms with van der Waals surface area (Å²) in [7, 11) is -3.09. The Kier molecular flexibility index (Phi) is 13.4. The predicted molar refractivity (Wildman–Crippen MR) is 277 cm³/mol. The highest BCUT2D eigenvalue weighted by molar-refractivity contribution is 7.93. The van der Waals surface area contributed by atoms with Gasteiger partial charge in [0.15, 0.2) is 20.4 Å². The zero-order chi connectivity index (χ0) is 52.5. The summed E-state index contributed by atoms with van der Waals surface area (Å²) in [6.45, 7) is 17.2. The standard InChI is InChI=1S/C53H63F3N10O6S/c1-9-46(68)59-40-26-35(10-12-42(40)64-21-20-63(29-33(64)3)36-15-18-62(19-16-36)37-11-13-45(32(2)24-37)73(71,72)52(6,7)53(54,55)56)58-47-50(70)61(8)30-41(60-47)38-14-17-57-48(39(38)31-67)66-23-22-65-43(49(66)69)25-34-27-51(4,5)28-44(34)65/h9-14,17,24-26,30,33,36,67H,1,15-16,18-23,27-29,31H2,2-8H3,(H,58,60)(H,59,68)/t33-/m0/s1. The molecule has 6 heterocycles. The van der Waals surface area contributed by atoms with E-state index in [4.69, 9.17) is 4.98 Å². The Labute approximate surface area is 423 Å². The third-order valence-corrected chi connectivity index (χ3v) is 17.9. The fraction of sp³-hybridized carbons (Fsp3) is 0.453. The lowest BCUT2D eigenvalue weighted by Gasteiger charge is -2.47. The van der Waals surface area contributed by atoms with Crippen LogP contribution in [0.25, 0.3) is 11.3 Å². The van der Waals surface area contributed by atoms with E-state index < -0.39 is 38.8 Å². The molecule has 1 aliphatic carbocycles. The van der Waals surface area contributed by atoms with Gasteiger partial charge in [-0.1, -0.05) is 20.4 Å². The number of sulfone groups is 1. The molecule has 0 radical (unpaired) electrons. The number of pyridine rings is 1. The van der Waals surface area contributed by atoms with Gasteiger partial charge < -0.3 is 34.7 Å². The zero-order valence-electron chi connectivity index (χ0n) is 42.3. The number of aryl methyl sites for hydroxylation is 2. The molecule has 9 rings (SSSR count). The molecule has 2 aromatic carbocycles. The number of nitrogens with zero attached hydrogens (tertiary/aromatic N) is 8. The van der Waals surface area contributed by atoms with E-state index in [2.05, 4.69) is 62.2 Å². The summed E-state index contributed by atoms with van der Waals surface area (Å²) in [5.74, 6) is -0.277. The minimum atomic E-state index is -4.93. The summed E-state index contributed by atoms with van der Waals surface area (Å²) in [5.41, 5.74) is 6.81. The van der Waals surface area contributed by atoms with Gasteiger partial charge in [-0.3, -0.25) is 24.2 Å². The molecular formula is C53H63F3N10O6S. The van der Waals surface area contributed by atoms with Crippen molar-refractivity contribution >= 4 is 56.0 Å². The minimum Gasteiger partial charge on any atom is -0.392 e. The second-order valence-corrected chi connectivity index (χ2v) is 23.6. The molecule has 0 unspecified atom stereocenters. The van der Waals surface area contributed by atoms with Crippen LogP contribution in [-0.2, 0) is 47.7 Å². The highest BCUT2D eigenvalue weighted by atomic mass is 32.2. The molecule has 1 atom stereocenters. The molecule has 2 amide bonds. The van der Waals surface area contributed by atoms with Gasteiger partial charge in [0.25, 0.3) is 11.5 Å². The van der Waals surface area contributed by atoms with Crippen molar-refractivity contribution in [3.8, 4) is 11.3 Å². The molecular weight excluding hydrogens is 962 g/mol. The smallest absolute Gasteiger partial charge is 0.392 e. The zero-order valence-corrected chi connectivity index (χ0v) is 43.1. The average Bonchev–Trinajstić information content (AvgIpc) is 3.84. The second-order valence-electron chi connectivity index (χ2n) is 21.1. The average molecular weight is 1030 g/mol. The Morgan fingerprint density at radius 3 is 2.40 bits per heavy atom. The summed E-state index contributed by atoms with van der Waals surface area (Å²) in [5, 5.41) is 17.0. The number of rotatable bonds is 12. The van der Waals surface area contributed by atoms with Crippen LogP contribution in [0.3, 0.4) is 0 Å². The van der Waals surface area contributed by atoms with Crippen molar-refractivity contribution < 1.29 is 36.3 Å². The maximum absolute atomic E-state index is 14.1. The van der Waals surface area contributed by atoms with E-state index >= 15 is 0 Å². The molecule has 0 spiro atoms. The first kappa shape index (κ1) is 51.4. The van der Waals surface area contributed by atoms with E-state index in [1.807, 2.05) is 18.2 Å². The second kappa shape index (κ2) is 19.1. The van der Waals surface area contributed by atoms with Crippen molar-refractivity contribution in [3.05, 3.63) is 112 Å². The van der Waals surface area contributed by atoms with Crippen LogP contribution < -0.4 is 30.9 Å². The first-order chi connectivity index (χ1) is 34.4. The number of aliphatic hydroxyl groups excluding tert-OH is 1. The molecule has 73 heavy (non-hydrogen) atoms. The summed E-state index contributed by atoms with van der Waals surface area (Å²) >= 11 is 0. The number of aliphatic hydroxyl groups is 1. The predicted octanol–water partition coefficient (Wildman–Crippen LogP) is 7.39. The Morgan fingerprint density at radius 1 is 0.986 bits per heavy atom. The van der Waals surface area contributed by atoms with Gasteiger partial charge in [-0.15, -0.1) is 0 Å². The van der Waals surface area contributed by atoms with E-state index in [-0.39, 0.29) is 39.7 Å². The number of piperazine rings is 1. The lowest BCUT2D eigenvalue weighted by Crippen LogP contribution is -2.57. The molecule has 3 aliphatic heterocycles. The summed E-state index contributed by atoms with van der Waals surface area (Å²) in [6.07, 6.45) is 2.88.